The van der Waals surface area contributed by atoms with Crippen molar-refractivity contribution in [2.75, 3.05) is 0 Å². The molecule has 0 radical (unpaired) electrons. The van der Waals surface area contributed by atoms with Crippen LogP contribution in [0.4, 0.5) is 0 Å². The third-order valence-corrected chi connectivity index (χ3v) is 2.10. The molecule has 0 aromatic carbocycles. The van der Waals surface area contributed by atoms with Gasteiger partial charge >= 0.3 is 5.69 Å². The molecular formula is C6H4Cl2N4O2. The minimum Gasteiger partial charge on any atom is -0.291 e. The van der Waals surface area contributed by atoms with Gasteiger partial charge in [-0.1, -0.05) is 23.2 Å². The molecule has 0 amide bonds. The van der Waals surface area contributed by atoms with Crippen LogP contribution in [0.3, 0.4) is 0 Å². The van der Waals surface area contributed by atoms with Gasteiger partial charge in [-0.15, -0.1) is 0 Å². The SMILES string of the molecule is O=c1[nH]c(=O)c2ncn(C(Cl)Cl)c2[nH]1. The Hall–Kier alpha value is -1.27. The minimum absolute atomic E-state index is 0.0934. The molecule has 0 bridgehead atoms. The molecule has 2 aromatic heterocycles. The summed E-state index contributed by atoms with van der Waals surface area (Å²) in [7, 11) is 0. The topological polar surface area (TPSA) is 83.5 Å². The van der Waals surface area contributed by atoms with Crippen molar-refractivity contribution in [1.29, 1.82) is 0 Å². The molecule has 0 fully saturated rings. The average Bonchev–Trinajstić information content (AvgIpc) is 2.47. The lowest BCUT2D eigenvalue weighted by Crippen LogP contribution is -2.22. The van der Waals surface area contributed by atoms with Gasteiger partial charge in [-0.25, -0.2) is 9.78 Å². The summed E-state index contributed by atoms with van der Waals surface area (Å²) < 4.78 is 1.27. The van der Waals surface area contributed by atoms with Gasteiger partial charge in [0.25, 0.3) is 5.56 Å². The Morgan fingerprint density at radius 2 is 2.07 bits per heavy atom. The molecule has 8 heteroatoms. The van der Waals surface area contributed by atoms with E-state index in [-0.39, 0.29) is 11.2 Å². The third-order valence-electron chi connectivity index (χ3n) is 1.68. The third kappa shape index (κ3) is 1.32. The Kier molecular flexibility index (Phi) is 2.09. The van der Waals surface area contributed by atoms with Gasteiger partial charge in [-0.3, -0.25) is 19.3 Å². The summed E-state index contributed by atoms with van der Waals surface area (Å²) in [5.41, 5.74) is -0.903. The van der Waals surface area contributed by atoms with Crippen LogP contribution in [-0.2, 0) is 0 Å². The van der Waals surface area contributed by atoms with Gasteiger partial charge in [0.2, 0.25) is 0 Å². The number of nitrogens with zero attached hydrogens (tertiary/aromatic N) is 2. The zero-order valence-corrected chi connectivity index (χ0v) is 8.13. The second kappa shape index (κ2) is 3.14. The van der Waals surface area contributed by atoms with Crippen LogP contribution in [0.5, 0.6) is 0 Å². The standard InChI is InChI=1S/C6H4Cl2N4O2/c7-5(8)12-1-9-2-3(12)10-6(14)11-4(2)13/h1,5H,(H2,10,11,13,14). The van der Waals surface area contributed by atoms with Crippen LogP contribution in [0.15, 0.2) is 15.9 Å². The highest BCUT2D eigenvalue weighted by Crippen LogP contribution is 2.19. The van der Waals surface area contributed by atoms with E-state index in [0.717, 1.165) is 0 Å². The lowest BCUT2D eigenvalue weighted by atomic mass is 10.5. The van der Waals surface area contributed by atoms with Crippen molar-refractivity contribution in [1.82, 2.24) is 19.5 Å². The highest BCUT2D eigenvalue weighted by atomic mass is 35.5. The van der Waals surface area contributed by atoms with Crippen molar-refractivity contribution < 1.29 is 0 Å². The van der Waals surface area contributed by atoms with Gasteiger partial charge in [0.15, 0.2) is 10.5 Å². The number of hydrogen-bond acceptors (Lipinski definition) is 3. The monoisotopic (exact) mass is 234 g/mol. The predicted octanol–water partition coefficient (Wildman–Crippen LogP) is 0.347. The second-order valence-corrected chi connectivity index (χ2v) is 3.59. The molecule has 0 saturated carbocycles. The van der Waals surface area contributed by atoms with E-state index in [2.05, 4.69) is 9.97 Å². The van der Waals surface area contributed by atoms with Crippen LogP contribution in [0.2, 0.25) is 0 Å². The van der Waals surface area contributed by atoms with Crippen molar-refractivity contribution in [3.63, 3.8) is 0 Å². The summed E-state index contributed by atoms with van der Waals surface area (Å²) in [5, 5.41) is 0. The van der Waals surface area contributed by atoms with E-state index in [1.807, 2.05) is 4.98 Å². The van der Waals surface area contributed by atoms with E-state index in [1.165, 1.54) is 10.9 Å². The molecule has 2 N–H and O–H groups in total. The first kappa shape index (κ1) is 9.29. The van der Waals surface area contributed by atoms with Crippen molar-refractivity contribution in [3.05, 3.63) is 27.2 Å². The molecule has 6 nitrogen and oxygen atoms in total. The second-order valence-electron chi connectivity index (χ2n) is 2.53. The van der Waals surface area contributed by atoms with Crippen molar-refractivity contribution >= 4 is 34.4 Å². The molecule has 0 aliphatic carbocycles. The number of aromatic nitrogens is 4. The summed E-state index contributed by atoms with van der Waals surface area (Å²) in [6.07, 6.45) is 1.28. The number of imidazole rings is 1. The fraction of sp³-hybridized carbons (Fsp3) is 0.167. The molecule has 74 valence electrons. The Balaban J connectivity index is 2.92. The summed E-state index contributed by atoms with van der Waals surface area (Å²) in [5.74, 6) is 0. The summed E-state index contributed by atoms with van der Waals surface area (Å²) >= 11 is 11.2. The Morgan fingerprint density at radius 3 is 2.71 bits per heavy atom. The van der Waals surface area contributed by atoms with Crippen LogP contribution in [0.25, 0.3) is 11.2 Å². The maximum absolute atomic E-state index is 11.2. The van der Waals surface area contributed by atoms with E-state index in [9.17, 15) is 9.59 Å². The maximum atomic E-state index is 11.2. The van der Waals surface area contributed by atoms with Crippen LogP contribution >= 0.6 is 23.2 Å². The molecule has 14 heavy (non-hydrogen) atoms. The number of nitrogens with one attached hydrogen (secondary N) is 2. The molecular weight excluding hydrogens is 231 g/mol. The van der Waals surface area contributed by atoms with Crippen molar-refractivity contribution in [2.45, 2.75) is 4.96 Å². The number of hydrogen-bond donors (Lipinski definition) is 2. The molecule has 2 heterocycles. The molecule has 0 atom stereocenters. The quantitative estimate of drug-likeness (QED) is 0.699. The lowest BCUT2D eigenvalue weighted by Gasteiger charge is -2.01. The van der Waals surface area contributed by atoms with Crippen molar-refractivity contribution in [3.8, 4) is 0 Å². The molecule has 0 spiro atoms. The summed E-state index contributed by atoms with van der Waals surface area (Å²) in [4.78, 5) is 29.4. The number of rotatable bonds is 1. The number of aromatic amines is 2. The molecule has 0 saturated heterocycles. The van der Waals surface area contributed by atoms with E-state index in [0.29, 0.717) is 0 Å². The van der Waals surface area contributed by atoms with Gasteiger partial charge in [0.1, 0.15) is 5.65 Å². The van der Waals surface area contributed by atoms with E-state index in [1.54, 1.807) is 0 Å². The minimum atomic E-state index is -0.905. The van der Waals surface area contributed by atoms with Gasteiger partial charge in [-0.05, 0) is 0 Å². The molecule has 0 unspecified atom stereocenters. The highest BCUT2D eigenvalue weighted by molar-refractivity contribution is 6.42. The van der Waals surface area contributed by atoms with E-state index >= 15 is 0 Å². The first-order chi connectivity index (χ1) is 6.59. The van der Waals surface area contributed by atoms with Crippen LogP contribution in [0.1, 0.15) is 4.96 Å². The normalized spacial score (nSPS) is 11.4. The molecule has 0 aliphatic rings. The van der Waals surface area contributed by atoms with Crippen LogP contribution in [-0.4, -0.2) is 19.5 Å². The number of fused-ring (bicyclic) bond motifs is 1. The smallest absolute Gasteiger partial charge is 0.291 e. The largest absolute Gasteiger partial charge is 0.327 e. The Bertz CT molecular complexity index is 581. The number of halogens is 2. The van der Waals surface area contributed by atoms with E-state index < -0.39 is 16.2 Å². The maximum Gasteiger partial charge on any atom is 0.327 e. The highest BCUT2D eigenvalue weighted by Gasteiger charge is 2.11. The Morgan fingerprint density at radius 1 is 1.36 bits per heavy atom. The zero-order valence-electron chi connectivity index (χ0n) is 6.62. The van der Waals surface area contributed by atoms with E-state index in [4.69, 9.17) is 23.2 Å². The zero-order chi connectivity index (χ0) is 10.3. The van der Waals surface area contributed by atoms with Crippen LogP contribution < -0.4 is 11.2 Å². The van der Waals surface area contributed by atoms with Crippen LogP contribution in [0, 0.1) is 0 Å². The number of alkyl halides is 2. The lowest BCUT2D eigenvalue weighted by molar-refractivity contribution is 0.862. The number of H-pyrrole nitrogens is 2. The van der Waals surface area contributed by atoms with Gasteiger partial charge in [-0.2, -0.15) is 0 Å². The molecule has 2 rings (SSSR count). The summed E-state index contributed by atoms with van der Waals surface area (Å²) in [6, 6.07) is 0. The molecule has 2 aromatic rings. The first-order valence-electron chi connectivity index (χ1n) is 3.57. The fourth-order valence-electron chi connectivity index (χ4n) is 1.10. The predicted molar refractivity (Wildman–Crippen MR) is 51.7 cm³/mol. The van der Waals surface area contributed by atoms with Gasteiger partial charge in [0.05, 0.1) is 6.33 Å². The van der Waals surface area contributed by atoms with Gasteiger partial charge < -0.3 is 0 Å². The van der Waals surface area contributed by atoms with Crippen molar-refractivity contribution in [2.24, 2.45) is 0 Å². The fourth-order valence-corrected chi connectivity index (χ4v) is 1.40. The first-order valence-corrected chi connectivity index (χ1v) is 4.44. The average molecular weight is 235 g/mol. The summed E-state index contributed by atoms with van der Waals surface area (Å²) in [6.45, 7) is 0. The van der Waals surface area contributed by atoms with Gasteiger partial charge in [0, 0.05) is 0 Å². The Labute approximate surface area is 86.5 Å². The molecule has 0 aliphatic heterocycles.